The highest BCUT2D eigenvalue weighted by atomic mass is 32.2. The molecule has 0 saturated heterocycles. The Kier molecular flexibility index (Phi) is 4.80. The van der Waals surface area contributed by atoms with Crippen molar-refractivity contribution in [3.63, 3.8) is 0 Å². The number of aryl methyl sites for hydroxylation is 2. The van der Waals surface area contributed by atoms with Crippen molar-refractivity contribution in [1.82, 2.24) is 9.97 Å². The number of aromatic nitrogens is 2. The van der Waals surface area contributed by atoms with Crippen LogP contribution in [-0.4, -0.2) is 29.3 Å². The van der Waals surface area contributed by atoms with Crippen molar-refractivity contribution in [3.8, 4) is 0 Å². The maximum Gasteiger partial charge on any atom is 0.343 e. The molecule has 110 valence electrons. The van der Waals surface area contributed by atoms with Crippen LogP contribution in [0.15, 0.2) is 29.4 Å². The summed E-state index contributed by atoms with van der Waals surface area (Å²) in [7, 11) is 1.35. The molecule has 0 fully saturated rings. The second kappa shape index (κ2) is 6.58. The van der Waals surface area contributed by atoms with Crippen LogP contribution in [0.3, 0.4) is 0 Å². The Morgan fingerprint density at radius 2 is 1.95 bits per heavy atom. The van der Waals surface area contributed by atoms with Gasteiger partial charge in [0.15, 0.2) is 5.16 Å². The largest absolute Gasteiger partial charge is 0.465 e. The molecular weight excluding hydrogens is 286 g/mol. The van der Waals surface area contributed by atoms with Crippen LogP contribution >= 0.6 is 11.8 Å². The van der Waals surface area contributed by atoms with Gasteiger partial charge in [0.25, 0.3) is 0 Å². The van der Waals surface area contributed by atoms with Crippen LogP contribution in [0, 0.1) is 13.8 Å². The van der Waals surface area contributed by atoms with Crippen molar-refractivity contribution >= 4 is 29.2 Å². The van der Waals surface area contributed by atoms with Gasteiger partial charge >= 0.3 is 5.97 Å². The van der Waals surface area contributed by atoms with Crippen molar-refractivity contribution in [2.75, 3.05) is 18.7 Å². The maximum atomic E-state index is 12.0. The number of hydrogen-bond donors (Lipinski definition) is 1. The highest BCUT2D eigenvalue weighted by molar-refractivity contribution is 7.98. The molecule has 1 N–H and O–H groups in total. The fourth-order valence-corrected chi connectivity index (χ4v) is 2.33. The molecule has 21 heavy (non-hydrogen) atoms. The first-order valence-electron chi connectivity index (χ1n) is 6.40. The van der Waals surface area contributed by atoms with Crippen molar-refractivity contribution in [2.24, 2.45) is 0 Å². The highest BCUT2D eigenvalue weighted by Crippen LogP contribution is 2.26. The minimum atomic E-state index is -0.448. The predicted octanol–water partition coefficient (Wildman–Crippen LogP) is 3.35. The smallest absolute Gasteiger partial charge is 0.343 e. The number of carbonyl (C=O) groups excluding carboxylic acids is 1. The lowest BCUT2D eigenvalue weighted by atomic mass is 10.2. The van der Waals surface area contributed by atoms with Gasteiger partial charge in [0, 0.05) is 5.69 Å². The summed E-state index contributed by atoms with van der Waals surface area (Å²) in [6.45, 7) is 3.76. The van der Waals surface area contributed by atoms with Gasteiger partial charge in [0.1, 0.15) is 11.4 Å². The quantitative estimate of drug-likeness (QED) is 0.531. The zero-order valence-electron chi connectivity index (χ0n) is 12.4. The van der Waals surface area contributed by atoms with Gasteiger partial charge in [-0.15, -0.1) is 0 Å². The van der Waals surface area contributed by atoms with E-state index in [4.69, 9.17) is 4.74 Å². The molecule has 5 nitrogen and oxygen atoms in total. The zero-order valence-corrected chi connectivity index (χ0v) is 13.2. The van der Waals surface area contributed by atoms with Gasteiger partial charge in [0.05, 0.1) is 12.8 Å². The molecule has 2 rings (SSSR count). The lowest BCUT2D eigenvalue weighted by Crippen LogP contribution is -2.12. The topological polar surface area (TPSA) is 64.1 Å². The summed E-state index contributed by atoms with van der Waals surface area (Å²) in [6.07, 6.45) is 1.89. The van der Waals surface area contributed by atoms with E-state index < -0.39 is 5.97 Å². The molecule has 0 bridgehead atoms. The first-order chi connectivity index (χ1) is 10.1. The monoisotopic (exact) mass is 303 g/mol. The molecule has 1 aromatic carbocycles. The van der Waals surface area contributed by atoms with E-state index in [1.54, 1.807) is 6.92 Å². The van der Waals surface area contributed by atoms with Gasteiger partial charge in [-0.25, -0.2) is 14.8 Å². The van der Waals surface area contributed by atoms with Crippen LogP contribution in [0.1, 0.15) is 21.6 Å². The van der Waals surface area contributed by atoms with E-state index in [0.29, 0.717) is 22.2 Å². The number of para-hydroxylation sites is 1. The van der Waals surface area contributed by atoms with Crippen molar-refractivity contribution in [1.29, 1.82) is 0 Å². The van der Waals surface area contributed by atoms with Crippen LogP contribution in [0.25, 0.3) is 0 Å². The van der Waals surface area contributed by atoms with E-state index in [-0.39, 0.29) is 0 Å². The fraction of sp³-hybridized carbons (Fsp3) is 0.267. The number of nitrogens with zero attached hydrogens (tertiary/aromatic N) is 2. The summed E-state index contributed by atoms with van der Waals surface area (Å²) in [5.74, 6) is 0.0178. The predicted molar refractivity (Wildman–Crippen MR) is 84.4 cm³/mol. The van der Waals surface area contributed by atoms with Gasteiger partial charge in [-0.3, -0.25) is 0 Å². The molecule has 0 amide bonds. The lowest BCUT2D eigenvalue weighted by Gasteiger charge is -2.14. The molecule has 0 atom stereocenters. The Morgan fingerprint density at radius 3 is 2.57 bits per heavy atom. The van der Waals surface area contributed by atoms with E-state index >= 15 is 0 Å². The summed E-state index contributed by atoms with van der Waals surface area (Å²) < 4.78 is 4.83. The molecule has 0 radical (unpaired) electrons. The average Bonchev–Trinajstić information content (AvgIpc) is 2.48. The first kappa shape index (κ1) is 15.3. The van der Waals surface area contributed by atoms with E-state index in [2.05, 4.69) is 15.3 Å². The molecule has 6 heteroatoms. The molecular formula is C15H17N3O2S. The van der Waals surface area contributed by atoms with Crippen LogP contribution in [0.2, 0.25) is 0 Å². The number of nitrogens with one attached hydrogen (secondary N) is 1. The summed E-state index contributed by atoms with van der Waals surface area (Å²) in [5, 5.41) is 3.81. The number of ether oxygens (including phenoxy) is 1. The molecule has 1 heterocycles. The summed E-state index contributed by atoms with van der Waals surface area (Å²) in [5.41, 5.74) is 2.92. The maximum absolute atomic E-state index is 12.0. The number of rotatable bonds is 4. The second-order valence-corrected chi connectivity index (χ2v) is 5.22. The van der Waals surface area contributed by atoms with E-state index in [1.807, 2.05) is 37.4 Å². The molecule has 0 aliphatic rings. The number of methoxy groups -OCH3 is 1. The molecule has 0 saturated carbocycles. The van der Waals surface area contributed by atoms with Gasteiger partial charge < -0.3 is 10.1 Å². The van der Waals surface area contributed by atoms with Crippen molar-refractivity contribution < 1.29 is 9.53 Å². The highest BCUT2D eigenvalue weighted by Gasteiger charge is 2.19. The third-order valence-corrected chi connectivity index (χ3v) is 3.59. The second-order valence-electron chi connectivity index (χ2n) is 4.45. The Balaban J connectivity index is 2.52. The molecule has 0 spiro atoms. The number of carbonyl (C=O) groups is 1. The molecule has 1 aromatic heterocycles. The normalized spacial score (nSPS) is 10.3. The molecule has 0 aliphatic carbocycles. The van der Waals surface area contributed by atoms with Crippen LogP contribution in [0.4, 0.5) is 11.5 Å². The minimum Gasteiger partial charge on any atom is -0.465 e. The Hall–Kier alpha value is -2.08. The Labute approximate surface area is 128 Å². The van der Waals surface area contributed by atoms with Crippen molar-refractivity contribution in [3.05, 3.63) is 41.1 Å². The lowest BCUT2D eigenvalue weighted by molar-refractivity contribution is 0.0600. The Morgan fingerprint density at radius 1 is 1.24 bits per heavy atom. The van der Waals surface area contributed by atoms with Gasteiger partial charge in [-0.05, 0) is 31.7 Å². The number of esters is 1. The van der Waals surface area contributed by atoms with E-state index in [0.717, 1.165) is 11.3 Å². The zero-order chi connectivity index (χ0) is 15.4. The number of benzene rings is 1. The van der Waals surface area contributed by atoms with Crippen LogP contribution in [0.5, 0.6) is 0 Å². The SMILES string of the molecule is COC(=O)c1c(C)nc(SC)nc1Nc1ccccc1C. The third-order valence-electron chi connectivity index (χ3n) is 3.04. The summed E-state index contributed by atoms with van der Waals surface area (Å²) in [6, 6.07) is 7.81. The number of thioether (sulfide) groups is 1. The number of hydrogen-bond acceptors (Lipinski definition) is 6. The van der Waals surface area contributed by atoms with Gasteiger partial charge in [0.2, 0.25) is 0 Å². The summed E-state index contributed by atoms with van der Waals surface area (Å²) >= 11 is 1.43. The molecule has 2 aromatic rings. The third kappa shape index (κ3) is 3.33. The fourth-order valence-electron chi connectivity index (χ4n) is 1.92. The molecule has 0 unspecified atom stereocenters. The van der Waals surface area contributed by atoms with E-state index in [9.17, 15) is 4.79 Å². The van der Waals surface area contributed by atoms with Crippen LogP contribution in [-0.2, 0) is 4.74 Å². The van der Waals surface area contributed by atoms with Crippen molar-refractivity contribution in [2.45, 2.75) is 19.0 Å². The van der Waals surface area contributed by atoms with E-state index in [1.165, 1.54) is 18.9 Å². The summed E-state index contributed by atoms with van der Waals surface area (Å²) in [4.78, 5) is 20.7. The minimum absolute atomic E-state index is 0.360. The number of anilines is 2. The van der Waals surface area contributed by atoms with Gasteiger partial charge in [-0.2, -0.15) is 0 Å². The average molecular weight is 303 g/mol. The first-order valence-corrected chi connectivity index (χ1v) is 7.63. The standard InChI is InChI=1S/C15H17N3O2S/c1-9-7-5-6-8-11(9)17-13-12(14(19)20-3)10(2)16-15(18-13)21-4/h5-8H,1-4H3,(H,16,17,18). The van der Waals surface area contributed by atoms with Gasteiger partial charge in [-0.1, -0.05) is 30.0 Å². The van der Waals surface area contributed by atoms with Crippen LogP contribution < -0.4 is 5.32 Å². The Bertz CT molecular complexity index is 674. The molecule has 0 aliphatic heterocycles.